The van der Waals surface area contributed by atoms with Gasteiger partial charge in [-0.3, -0.25) is 13.9 Å². The van der Waals surface area contributed by atoms with Gasteiger partial charge in [0.15, 0.2) is 0 Å². The number of hydrogen-bond donors (Lipinski definition) is 1. The van der Waals surface area contributed by atoms with Crippen LogP contribution in [0.3, 0.4) is 0 Å². The van der Waals surface area contributed by atoms with Gasteiger partial charge in [0.1, 0.15) is 18.4 Å². The second kappa shape index (κ2) is 11.6. The van der Waals surface area contributed by atoms with Gasteiger partial charge in [-0.2, -0.15) is 0 Å². The van der Waals surface area contributed by atoms with Crippen LogP contribution < -0.4 is 9.62 Å². The predicted molar refractivity (Wildman–Crippen MR) is 123 cm³/mol. The van der Waals surface area contributed by atoms with Gasteiger partial charge in [0.05, 0.1) is 11.9 Å². The maximum atomic E-state index is 13.4. The highest BCUT2D eigenvalue weighted by Gasteiger charge is 2.31. The molecule has 0 radical (unpaired) electrons. The van der Waals surface area contributed by atoms with Gasteiger partial charge in [-0.25, -0.2) is 12.8 Å². The Balaban J connectivity index is 2.38. The van der Waals surface area contributed by atoms with Gasteiger partial charge in [0.2, 0.25) is 21.8 Å². The number of nitrogens with one attached hydrogen (secondary N) is 1. The molecule has 0 saturated carbocycles. The van der Waals surface area contributed by atoms with E-state index in [1.807, 2.05) is 6.92 Å². The molecule has 0 fully saturated rings. The zero-order chi connectivity index (χ0) is 23.7. The Bertz CT molecular complexity index is 998. The minimum absolute atomic E-state index is 0.0452. The van der Waals surface area contributed by atoms with Crippen molar-refractivity contribution in [2.75, 3.05) is 23.7 Å². The largest absolute Gasteiger partial charge is 0.354 e. The Kier molecular flexibility index (Phi) is 9.19. The Morgan fingerprint density at radius 1 is 1.03 bits per heavy atom. The molecule has 0 aliphatic carbocycles. The first-order valence-corrected chi connectivity index (χ1v) is 12.4. The summed E-state index contributed by atoms with van der Waals surface area (Å²) in [6.45, 7) is 3.76. The summed E-state index contributed by atoms with van der Waals surface area (Å²) >= 11 is 0. The smallest absolute Gasteiger partial charge is 0.244 e. The van der Waals surface area contributed by atoms with Crippen molar-refractivity contribution in [3.05, 3.63) is 66.0 Å². The molecule has 2 rings (SSSR count). The molecule has 0 heterocycles. The van der Waals surface area contributed by atoms with E-state index >= 15 is 0 Å². The van der Waals surface area contributed by atoms with Gasteiger partial charge in [-0.05, 0) is 42.7 Å². The molecule has 0 aromatic heterocycles. The van der Waals surface area contributed by atoms with Gasteiger partial charge < -0.3 is 10.2 Å². The van der Waals surface area contributed by atoms with E-state index < -0.39 is 34.3 Å². The predicted octanol–water partition coefficient (Wildman–Crippen LogP) is 2.93. The van der Waals surface area contributed by atoms with Gasteiger partial charge in [0.25, 0.3) is 0 Å². The lowest BCUT2D eigenvalue weighted by atomic mass is 10.1. The van der Waals surface area contributed by atoms with Crippen molar-refractivity contribution in [2.45, 2.75) is 39.3 Å². The average molecular weight is 464 g/mol. The molecular formula is C23H30FN3O4S. The first kappa shape index (κ1) is 25.3. The zero-order valence-corrected chi connectivity index (χ0v) is 19.4. The fourth-order valence-electron chi connectivity index (χ4n) is 3.28. The van der Waals surface area contributed by atoms with Crippen molar-refractivity contribution < 1.29 is 22.4 Å². The van der Waals surface area contributed by atoms with E-state index in [4.69, 9.17) is 0 Å². The summed E-state index contributed by atoms with van der Waals surface area (Å²) in [6.07, 6.45) is 2.11. The number of nitrogens with zero attached hydrogens (tertiary/aromatic N) is 2. The van der Waals surface area contributed by atoms with Gasteiger partial charge in [-0.15, -0.1) is 0 Å². The summed E-state index contributed by atoms with van der Waals surface area (Å²) in [5.41, 5.74) is 0.987. The average Bonchev–Trinajstić information content (AvgIpc) is 2.76. The van der Waals surface area contributed by atoms with Crippen LogP contribution in [-0.4, -0.2) is 50.5 Å². The zero-order valence-electron chi connectivity index (χ0n) is 18.6. The molecule has 1 atom stereocenters. The topological polar surface area (TPSA) is 86.8 Å². The molecule has 0 aliphatic heterocycles. The van der Waals surface area contributed by atoms with E-state index in [1.54, 1.807) is 37.3 Å². The highest BCUT2D eigenvalue weighted by molar-refractivity contribution is 7.92. The molecule has 0 saturated heterocycles. The van der Waals surface area contributed by atoms with Crippen molar-refractivity contribution in [1.82, 2.24) is 10.2 Å². The van der Waals surface area contributed by atoms with Crippen LogP contribution >= 0.6 is 0 Å². The van der Waals surface area contributed by atoms with Crippen LogP contribution in [0.5, 0.6) is 0 Å². The van der Waals surface area contributed by atoms with Gasteiger partial charge in [-0.1, -0.05) is 44.2 Å². The molecule has 0 aliphatic rings. The second-order valence-electron chi connectivity index (χ2n) is 7.47. The van der Waals surface area contributed by atoms with Crippen molar-refractivity contribution in [2.24, 2.45) is 0 Å². The highest BCUT2D eigenvalue weighted by Crippen LogP contribution is 2.19. The van der Waals surface area contributed by atoms with E-state index in [0.29, 0.717) is 24.2 Å². The summed E-state index contributed by atoms with van der Waals surface area (Å²) < 4.78 is 39.2. The lowest BCUT2D eigenvalue weighted by Crippen LogP contribution is -2.52. The molecule has 2 amide bonds. The van der Waals surface area contributed by atoms with Crippen molar-refractivity contribution in [3.63, 3.8) is 0 Å². The molecule has 0 bridgehead atoms. The summed E-state index contributed by atoms with van der Waals surface area (Å²) in [6, 6.07) is 13.2. The van der Waals surface area contributed by atoms with Gasteiger partial charge in [0, 0.05) is 13.1 Å². The molecule has 1 N–H and O–H groups in total. The summed E-state index contributed by atoms with van der Waals surface area (Å²) in [4.78, 5) is 27.5. The number of anilines is 1. The maximum Gasteiger partial charge on any atom is 0.244 e. The standard InChI is InChI=1S/C23H30FN3O4S/c1-4-15-25-23(29)21(5-2)26(16-18-11-13-19(24)14-12-18)22(28)17-27(32(3,30)31)20-9-7-6-8-10-20/h6-14,21H,4-5,15-17H2,1-3H3,(H,25,29)/t21-/m0/s1. The summed E-state index contributed by atoms with van der Waals surface area (Å²) in [5.74, 6) is -1.25. The first-order chi connectivity index (χ1) is 15.2. The van der Waals surface area contributed by atoms with Crippen LogP contribution in [0, 0.1) is 5.82 Å². The normalized spacial score (nSPS) is 12.1. The van der Waals surface area contributed by atoms with E-state index in [1.165, 1.54) is 29.2 Å². The fraction of sp³-hybridized carbons (Fsp3) is 0.391. The number of amides is 2. The Labute approximate surface area is 189 Å². The third-order valence-corrected chi connectivity index (χ3v) is 6.07. The van der Waals surface area contributed by atoms with E-state index in [2.05, 4.69) is 5.32 Å². The molecule has 0 unspecified atom stereocenters. The number of rotatable bonds is 11. The van der Waals surface area contributed by atoms with Crippen LogP contribution in [0.25, 0.3) is 0 Å². The lowest BCUT2D eigenvalue weighted by Gasteiger charge is -2.32. The summed E-state index contributed by atoms with van der Waals surface area (Å²) in [5, 5.41) is 2.80. The molecule has 9 heteroatoms. The number of halogens is 1. The van der Waals surface area contributed by atoms with Crippen LogP contribution in [0.4, 0.5) is 10.1 Å². The number of para-hydroxylation sites is 1. The highest BCUT2D eigenvalue weighted by atomic mass is 32.2. The number of carbonyl (C=O) groups excluding carboxylic acids is 2. The van der Waals surface area contributed by atoms with E-state index in [-0.39, 0.29) is 12.5 Å². The number of benzene rings is 2. The Morgan fingerprint density at radius 2 is 1.66 bits per heavy atom. The lowest BCUT2D eigenvalue weighted by molar-refractivity contribution is -0.140. The van der Waals surface area contributed by atoms with Crippen molar-refractivity contribution in [3.8, 4) is 0 Å². The van der Waals surface area contributed by atoms with Crippen LogP contribution in [-0.2, 0) is 26.2 Å². The number of sulfonamides is 1. The quantitative estimate of drug-likeness (QED) is 0.555. The first-order valence-electron chi connectivity index (χ1n) is 10.5. The maximum absolute atomic E-state index is 13.4. The Morgan fingerprint density at radius 3 is 2.19 bits per heavy atom. The van der Waals surface area contributed by atoms with Crippen molar-refractivity contribution in [1.29, 1.82) is 0 Å². The molecule has 0 spiro atoms. The SMILES string of the molecule is CCCNC(=O)[C@H](CC)N(Cc1ccc(F)cc1)C(=O)CN(c1ccccc1)S(C)(=O)=O. The summed E-state index contributed by atoms with van der Waals surface area (Å²) in [7, 11) is -3.76. The van der Waals surface area contributed by atoms with Crippen LogP contribution in [0.1, 0.15) is 32.3 Å². The minimum Gasteiger partial charge on any atom is -0.354 e. The van der Waals surface area contributed by atoms with Crippen LogP contribution in [0.2, 0.25) is 0 Å². The van der Waals surface area contributed by atoms with E-state index in [9.17, 15) is 22.4 Å². The number of carbonyl (C=O) groups is 2. The van der Waals surface area contributed by atoms with Gasteiger partial charge >= 0.3 is 0 Å². The third-order valence-electron chi connectivity index (χ3n) is 4.92. The second-order valence-corrected chi connectivity index (χ2v) is 9.38. The number of hydrogen-bond acceptors (Lipinski definition) is 4. The molecule has 174 valence electrons. The molecular weight excluding hydrogens is 433 g/mol. The van der Waals surface area contributed by atoms with E-state index in [0.717, 1.165) is 17.0 Å². The molecule has 2 aromatic rings. The molecule has 32 heavy (non-hydrogen) atoms. The molecule has 7 nitrogen and oxygen atoms in total. The van der Waals surface area contributed by atoms with Crippen LogP contribution in [0.15, 0.2) is 54.6 Å². The third kappa shape index (κ3) is 7.05. The molecule has 2 aromatic carbocycles. The van der Waals surface area contributed by atoms with Crippen molar-refractivity contribution >= 4 is 27.5 Å². The minimum atomic E-state index is -3.76. The fourth-order valence-corrected chi connectivity index (χ4v) is 4.13. The Hall–Kier alpha value is -2.94. The monoisotopic (exact) mass is 463 g/mol.